The van der Waals surface area contributed by atoms with Crippen LogP contribution in [0.5, 0.6) is 5.75 Å². The molecule has 0 aliphatic carbocycles. The number of aliphatic hydroxyl groups excluding tert-OH is 1. The number of ketones is 2. The van der Waals surface area contributed by atoms with Crippen LogP contribution in [0, 0.1) is 0 Å². The number of rotatable bonds is 8. The van der Waals surface area contributed by atoms with Gasteiger partial charge in [-0.25, -0.2) is 0 Å². The molecule has 0 aromatic heterocycles. The smallest absolute Gasteiger partial charge is 0.229 e. The average Bonchev–Trinajstić information content (AvgIpc) is 2.80. The monoisotopic (exact) mass is 433 g/mol. The molecule has 3 rings (SSSR count). The molecule has 2 N–H and O–H groups in total. The molecule has 3 aromatic rings. The maximum absolute atomic E-state index is 12.6. The number of benzene rings is 3. The molecule has 31 heavy (non-hydrogen) atoms. The maximum atomic E-state index is 12.6. The second kappa shape index (κ2) is 10.3. The SMILES string of the molecule is COc1ccc(NC(=CC(=O)C(=O)C=C(O)c2ccccc2)c2ccc(Cl)cc2)cc1. The van der Waals surface area contributed by atoms with Gasteiger partial charge in [-0.3, -0.25) is 9.59 Å². The molecule has 0 radical (unpaired) electrons. The number of anilines is 1. The van der Waals surface area contributed by atoms with Crippen LogP contribution in [0.15, 0.2) is 91.0 Å². The van der Waals surface area contributed by atoms with Gasteiger partial charge in [0.05, 0.1) is 7.11 Å². The van der Waals surface area contributed by atoms with Crippen LogP contribution in [0.1, 0.15) is 11.1 Å². The molecule has 3 aromatic carbocycles. The van der Waals surface area contributed by atoms with E-state index in [0.29, 0.717) is 33.3 Å². The number of allylic oxidation sites excluding steroid dienone is 2. The second-order valence-corrected chi connectivity index (χ2v) is 6.98. The summed E-state index contributed by atoms with van der Waals surface area (Å²) in [5.41, 5.74) is 2.22. The number of hydrogen-bond donors (Lipinski definition) is 2. The Morgan fingerprint density at radius 3 is 2.06 bits per heavy atom. The summed E-state index contributed by atoms with van der Waals surface area (Å²) < 4.78 is 5.16. The first-order valence-corrected chi connectivity index (χ1v) is 9.77. The fourth-order valence-corrected chi connectivity index (χ4v) is 2.87. The molecular weight excluding hydrogens is 414 g/mol. The number of hydrogen-bond acceptors (Lipinski definition) is 5. The number of carbonyl (C=O) groups is 2. The van der Waals surface area contributed by atoms with Crippen LogP contribution in [-0.4, -0.2) is 23.8 Å². The molecule has 5 nitrogen and oxygen atoms in total. The largest absolute Gasteiger partial charge is 0.507 e. The number of nitrogens with one attached hydrogen (secondary N) is 1. The normalized spacial score (nSPS) is 11.7. The average molecular weight is 434 g/mol. The highest BCUT2D eigenvalue weighted by molar-refractivity contribution is 6.47. The van der Waals surface area contributed by atoms with E-state index in [2.05, 4.69) is 5.32 Å². The zero-order chi connectivity index (χ0) is 22.2. The zero-order valence-electron chi connectivity index (χ0n) is 16.7. The van der Waals surface area contributed by atoms with E-state index in [1.807, 2.05) is 0 Å². The van der Waals surface area contributed by atoms with Crippen LogP contribution < -0.4 is 10.1 Å². The van der Waals surface area contributed by atoms with Crippen molar-refractivity contribution in [3.63, 3.8) is 0 Å². The molecule has 0 atom stereocenters. The van der Waals surface area contributed by atoms with Crippen molar-refractivity contribution in [2.45, 2.75) is 0 Å². The lowest BCUT2D eigenvalue weighted by Crippen LogP contribution is -2.11. The quantitative estimate of drug-likeness (QED) is 0.277. The Labute approximate surface area is 185 Å². The highest BCUT2D eigenvalue weighted by atomic mass is 35.5. The number of halogens is 1. The second-order valence-electron chi connectivity index (χ2n) is 6.54. The van der Waals surface area contributed by atoms with Crippen LogP contribution in [0.4, 0.5) is 5.69 Å². The van der Waals surface area contributed by atoms with E-state index in [1.165, 1.54) is 6.08 Å². The van der Waals surface area contributed by atoms with Crippen molar-refractivity contribution in [1.29, 1.82) is 0 Å². The summed E-state index contributed by atoms with van der Waals surface area (Å²) in [7, 11) is 1.57. The predicted octanol–water partition coefficient (Wildman–Crippen LogP) is 5.54. The zero-order valence-corrected chi connectivity index (χ0v) is 17.5. The van der Waals surface area contributed by atoms with E-state index >= 15 is 0 Å². The third-order valence-electron chi connectivity index (χ3n) is 4.38. The molecule has 0 fully saturated rings. The van der Waals surface area contributed by atoms with Crippen molar-refractivity contribution in [1.82, 2.24) is 0 Å². The Morgan fingerprint density at radius 1 is 0.839 bits per heavy atom. The Balaban J connectivity index is 1.88. The third kappa shape index (κ3) is 6.07. The first-order valence-electron chi connectivity index (χ1n) is 9.39. The number of ether oxygens (including phenoxy) is 1. The van der Waals surface area contributed by atoms with Crippen LogP contribution in [0.3, 0.4) is 0 Å². The van der Waals surface area contributed by atoms with Gasteiger partial charge in [0.25, 0.3) is 0 Å². The summed E-state index contributed by atoms with van der Waals surface area (Å²) in [5, 5.41) is 13.8. The lowest BCUT2D eigenvalue weighted by Gasteiger charge is -2.12. The predicted molar refractivity (Wildman–Crippen MR) is 123 cm³/mol. The first-order chi connectivity index (χ1) is 15.0. The summed E-state index contributed by atoms with van der Waals surface area (Å²) in [6.45, 7) is 0. The molecular formula is C25H20ClNO4. The van der Waals surface area contributed by atoms with E-state index in [9.17, 15) is 14.7 Å². The molecule has 0 amide bonds. The minimum Gasteiger partial charge on any atom is -0.507 e. The van der Waals surface area contributed by atoms with Gasteiger partial charge < -0.3 is 15.2 Å². The molecule has 0 aliphatic rings. The van der Waals surface area contributed by atoms with Crippen molar-refractivity contribution < 1.29 is 19.4 Å². The minimum absolute atomic E-state index is 0.275. The van der Waals surface area contributed by atoms with Crippen LogP contribution in [0.2, 0.25) is 5.02 Å². The van der Waals surface area contributed by atoms with E-state index in [0.717, 1.165) is 6.08 Å². The van der Waals surface area contributed by atoms with Gasteiger partial charge in [0.15, 0.2) is 0 Å². The standard InChI is InChI=1S/C25H20ClNO4/c1-31-21-13-11-20(12-14-21)27-22(17-7-9-19(26)10-8-17)15-24(29)25(30)16-23(28)18-5-3-2-4-6-18/h2-16,27-28H,1H3. The topological polar surface area (TPSA) is 75.6 Å². The summed E-state index contributed by atoms with van der Waals surface area (Å²) in [6.07, 6.45) is 2.12. The van der Waals surface area contributed by atoms with Gasteiger partial charge in [-0.2, -0.15) is 0 Å². The number of carbonyl (C=O) groups excluding carboxylic acids is 2. The Hall–Kier alpha value is -3.83. The van der Waals surface area contributed by atoms with Crippen LogP contribution in [-0.2, 0) is 9.59 Å². The van der Waals surface area contributed by atoms with Gasteiger partial charge in [-0.05, 0) is 42.0 Å². The summed E-state index contributed by atoms with van der Waals surface area (Å²) in [6, 6.07) is 22.5. The molecule has 0 saturated carbocycles. The molecule has 0 saturated heterocycles. The molecule has 0 heterocycles. The van der Waals surface area contributed by atoms with Gasteiger partial charge in [-0.15, -0.1) is 0 Å². The van der Waals surface area contributed by atoms with Gasteiger partial charge >= 0.3 is 0 Å². The van der Waals surface area contributed by atoms with Gasteiger partial charge in [0.1, 0.15) is 11.5 Å². The van der Waals surface area contributed by atoms with Gasteiger partial charge in [-0.1, -0.05) is 54.1 Å². The fourth-order valence-electron chi connectivity index (χ4n) is 2.74. The highest BCUT2D eigenvalue weighted by Crippen LogP contribution is 2.23. The summed E-state index contributed by atoms with van der Waals surface area (Å²) in [5.74, 6) is -1.21. The molecule has 156 valence electrons. The highest BCUT2D eigenvalue weighted by Gasteiger charge is 2.14. The van der Waals surface area contributed by atoms with Crippen molar-refractivity contribution in [3.8, 4) is 5.75 Å². The molecule has 0 spiro atoms. The van der Waals surface area contributed by atoms with Crippen molar-refractivity contribution in [2.24, 2.45) is 0 Å². The van der Waals surface area contributed by atoms with E-state index < -0.39 is 11.6 Å². The summed E-state index contributed by atoms with van der Waals surface area (Å²) in [4.78, 5) is 25.0. The van der Waals surface area contributed by atoms with Gasteiger partial charge in [0.2, 0.25) is 11.6 Å². The maximum Gasteiger partial charge on any atom is 0.229 e. The van der Waals surface area contributed by atoms with E-state index in [-0.39, 0.29) is 5.76 Å². The van der Waals surface area contributed by atoms with E-state index in [4.69, 9.17) is 16.3 Å². The van der Waals surface area contributed by atoms with Gasteiger partial charge in [0, 0.05) is 34.1 Å². The Bertz CT molecular complexity index is 1120. The van der Waals surface area contributed by atoms with Crippen LogP contribution in [0.25, 0.3) is 11.5 Å². The lowest BCUT2D eigenvalue weighted by molar-refractivity contribution is -0.130. The summed E-state index contributed by atoms with van der Waals surface area (Å²) >= 11 is 5.97. The number of methoxy groups -OCH3 is 1. The Morgan fingerprint density at radius 2 is 1.45 bits per heavy atom. The first kappa shape index (κ1) is 21.9. The minimum atomic E-state index is -0.843. The van der Waals surface area contributed by atoms with E-state index in [1.54, 1.807) is 86.0 Å². The van der Waals surface area contributed by atoms with Crippen molar-refractivity contribution >= 4 is 40.3 Å². The Kier molecular flexibility index (Phi) is 7.25. The molecule has 0 bridgehead atoms. The lowest BCUT2D eigenvalue weighted by atomic mass is 10.1. The third-order valence-corrected chi connectivity index (χ3v) is 4.63. The number of aliphatic hydroxyl groups is 1. The van der Waals surface area contributed by atoms with Crippen molar-refractivity contribution in [2.75, 3.05) is 12.4 Å². The fraction of sp³-hybridized carbons (Fsp3) is 0.0400. The molecule has 0 aliphatic heterocycles. The van der Waals surface area contributed by atoms with Crippen molar-refractivity contribution in [3.05, 3.63) is 107 Å². The van der Waals surface area contributed by atoms with Crippen LogP contribution >= 0.6 is 11.6 Å². The molecule has 6 heteroatoms. The molecule has 0 unspecified atom stereocenters.